The van der Waals surface area contributed by atoms with Crippen LogP contribution in [0.5, 0.6) is 0 Å². The van der Waals surface area contributed by atoms with Crippen LogP contribution in [-0.4, -0.2) is 125 Å². The number of hydrogen-bond donors (Lipinski definition) is 4. The number of esters is 2. The fraction of sp³-hybridized carbons (Fsp3) is 0.854. The molecule has 0 aliphatic heterocycles. The van der Waals surface area contributed by atoms with Gasteiger partial charge in [-0.1, -0.05) is 77.0 Å². The van der Waals surface area contributed by atoms with Crippen molar-refractivity contribution in [3.8, 4) is 0 Å². The van der Waals surface area contributed by atoms with Crippen LogP contribution in [-0.2, 0) is 57.2 Å². The van der Waals surface area contributed by atoms with Gasteiger partial charge >= 0.3 is 17.9 Å². The van der Waals surface area contributed by atoms with Gasteiger partial charge in [0.2, 0.25) is 17.7 Å². The summed E-state index contributed by atoms with van der Waals surface area (Å²) < 4.78 is 31.2. The molecule has 0 bridgehead atoms. The van der Waals surface area contributed by atoms with E-state index in [-0.39, 0.29) is 102 Å². The number of ether oxygens (including phenoxy) is 6. The van der Waals surface area contributed by atoms with Gasteiger partial charge in [0.15, 0.2) is 0 Å². The van der Waals surface area contributed by atoms with Crippen LogP contribution >= 0.6 is 0 Å². The number of hydrogen-bond acceptors (Lipinski definition) is 12. The second-order valence-corrected chi connectivity index (χ2v) is 14.9. The number of carbonyl (C=O) groups excluding carboxylic acids is 5. The van der Waals surface area contributed by atoms with E-state index in [2.05, 4.69) is 16.0 Å². The fourth-order valence-electron chi connectivity index (χ4n) is 5.50. The van der Waals surface area contributed by atoms with Crippen LogP contribution in [0.3, 0.4) is 0 Å². The molecule has 0 fully saturated rings. The third-order valence-corrected chi connectivity index (χ3v) is 8.37. The van der Waals surface area contributed by atoms with Crippen molar-refractivity contribution in [2.24, 2.45) is 0 Å². The Bertz CT molecular complexity index is 1080. The third-order valence-electron chi connectivity index (χ3n) is 8.37. The molecule has 0 heterocycles. The first-order valence-corrected chi connectivity index (χ1v) is 21.1. The summed E-state index contributed by atoms with van der Waals surface area (Å²) in [6.07, 6.45) is 16.7. The number of carboxylic acid groups (broad SMARTS) is 1. The molecular formula is C41H75N3O13. The lowest BCUT2D eigenvalue weighted by Crippen LogP contribution is -2.44. The highest BCUT2D eigenvalue weighted by molar-refractivity contribution is 5.85. The number of carboxylic acids is 1. The standard InChI is InChI=1S/C41H75N3O13/c1-5-56-39(50)21-19-17-15-13-11-9-7-6-8-10-12-14-16-18-20-36(46)44-34(40(51)57-41(2,3)4)22-23-35(45)42-24-26-52-28-30-54-32-37(47)43-25-27-53-29-31-55-33-38(48)49/h34H,5-33H2,1-4H3,(H,42,45)(H,43,47)(H,44,46)(H,48,49)/t34-/m0/s1. The zero-order valence-corrected chi connectivity index (χ0v) is 35.4. The number of amides is 3. The maximum atomic E-state index is 12.8. The van der Waals surface area contributed by atoms with Gasteiger partial charge in [-0.3, -0.25) is 19.2 Å². The smallest absolute Gasteiger partial charge is 0.329 e. The number of unbranched alkanes of at least 4 members (excludes halogenated alkanes) is 13. The van der Waals surface area contributed by atoms with Gasteiger partial charge in [0.1, 0.15) is 24.9 Å². The van der Waals surface area contributed by atoms with E-state index in [1.54, 1.807) is 20.8 Å². The molecule has 4 N–H and O–H groups in total. The first-order chi connectivity index (χ1) is 27.3. The Hall–Kier alpha value is -3.34. The minimum Gasteiger partial charge on any atom is -0.480 e. The molecule has 0 aromatic rings. The molecule has 57 heavy (non-hydrogen) atoms. The van der Waals surface area contributed by atoms with Crippen molar-refractivity contribution in [2.75, 3.05) is 72.6 Å². The Morgan fingerprint density at radius 2 is 1.00 bits per heavy atom. The van der Waals surface area contributed by atoms with Crippen LogP contribution < -0.4 is 16.0 Å². The summed E-state index contributed by atoms with van der Waals surface area (Å²) in [5, 5.41) is 16.6. The van der Waals surface area contributed by atoms with Crippen molar-refractivity contribution in [1.29, 1.82) is 0 Å². The van der Waals surface area contributed by atoms with Gasteiger partial charge in [0.05, 0.1) is 46.2 Å². The Labute approximate surface area is 340 Å². The van der Waals surface area contributed by atoms with Crippen molar-refractivity contribution >= 4 is 35.6 Å². The summed E-state index contributed by atoms with van der Waals surface area (Å²) in [7, 11) is 0. The van der Waals surface area contributed by atoms with Crippen LogP contribution in [0.2, 0.25) is 0 Å². The zero-order valence-electron chi connectivity index (χ0n) is 35.4. The highest BCUT2D eigenvalue weighted by Crippen LogP contribution is 2.15. The largest absolute Gasteiger partial charge is 0.480 e. The predicted molar refractivity (Wildman–Crippen MR) is 214 cm³/mol. The van der Waals surface area contributed by atoms with E-state index in [0.29, 0.717) is 19.4 Å². The van der Waals surface area contributed by atoms with Gasteiger partial charge < -0.3 is 49.5 Å². The van der Waals surface area contributed by atoms with Crippen molar-refractivity contribution in [3.63, 3.8) is 0 Å². The molecule has 16 nitrogen and oxygen atoms in total. The molecule has 0 unspecified atom stereocenters. The summed E-state index contributed by atoms with van der Waals surface area (Å²) >= 11 is 0. The minimum atomic E-state index is -1.05. The quantitative estimate of drug-likeness (QED) is 0.0486. The van der Waals surface area contributed by atoms with Crippen LogP contribution in [0, 0.1) is 0 Å². The van der Waals surface area contributed by atoms with E-state index in [9.17, 15) is 28.8 Å². The lowest BCUT2D eigenvalue weighted by atomic mass is 10.0. The number of aliphatic carboxylic acids is 1. The highest BCUT2D eigenvalue weighted by atomic mass is 16.6. The van der Waals surface area contributed by atoms with Crippen molar-refractivity contribution in [3.05, 3.63) is 0 Å². The predicted octanol–water partition coefficient (Wildman–Crippen LogP) is 4.78. The van der Waals surface area contributed by atoms with E-state index in [1.807, 2.05) is 6.92 Å². The van der Waals surface area contributed by atoms with E-state index in [0.717, 1.165) is 38.5 Å². The molecule has 0 aliphatic carbocycles. The molecular weight excluding hydrogens is 742 g/mol. The second kappa shape index (κ2) is 37.0. The lowest BCUT2D eigenvalue weighted by molar-refractivity contribution is -0.159. The van der Waals surface area contributed by atoms with E-state index in [1.165, 1.54) is 51.4 Å². The molecule has 3 amide bonds. The summed E-state index contributed by atoms with van der Waals surface area (Å²) in [5.41, 5.74) is -0.738. The van der Waals surface area contributed by atoms with Crippen molar-refractivity contribution < 1.29 is 62.3 Å². The second-order valence-electron chi connectivity index (χ2n) is 14.9. The van der Waals surface area contributed by atoms with Crippen LogP contribution in [0.15, 0.2) is 0 Å². The maximum Gasteiger partial charge on any atom is 0.329 e. The molecule has 1 atom stereocenters. The Balaban J connectivity index is 4.00. The van der Waals surface area contributed by atoms with Gasteiger partial charge in [-0.25, -0.2) is 9.59 Å². The molecule has 0 aromatic carbocycles. The van der Waals surface area contributed by atoms with Crippen molar-refractivity contribution in [2.45, 2.75) is 155 Å². The minimum absolute atomic E-state index is 0.0184. The van der Waals surface area contributed by atoms with E-state index < -0.39 is 23.6 Å². The Morgan fingerprint density at radius 1 is 0.544 bits per heavy atom. The molecule has 0 saturated heterocycles. The average molecular weight is 818 g/mol. The maximum absolute atomic E-state index is 12.8. The van der Waals surface area contributed by atoms with Gasteiger partial charge in [-0.2, -0.15) is 0 Å². The Morgan fingerprint density at radius 3 is 1.49 bits per heavy atom. The zero-order chi connectivity index (χ0) is 42.4. The number of carbonyl (C=O) groups is 6. The molecule has 0 rings (SSSR count). The summed E-state index contributed by atoms with van der Waals surface area (Å²) in [6.45, 7) is 8.77. The molecule has 0 aliphatic rings. The molecule has 332 valence electrons. The van der Waals surface area contributed by atoms with E-state index in [4.69, 9.17) is 33.5 Å². The molecule has 0 radical (unpaired) electrons. The number of rotatable bonds is 39. The fourth-order valence-corrected chi connectivity index (χ4v) is 5.50. The van der Waals surface area contributed by atoms with Gasteiger partial charge in [-0.15, -0.1) is 0 Å². The van der Waals surface area contributed by atoms with Gasteiger partial charge in [0.25, 0.3) is 0 Å². The third kappa shape index (κ3) is 39.3. The van der Waals surface area contributed by atoms with Gasteiger partial charge in [0, 0.05) is 32.4 Å². The lowest BCUT2D eigenvalue weighted by Gasteiger charge is -2.24. The normalized spacial score (nSPS) is 11.8. The summed E-state index contributed by atoms with van der Waals surface area (Å²) in [4.78, 5) is 71.5. The van der Waals surface area contributed by atoms with E-state index >= 15 is 0 Å². The number of nitrogens with one attached hydrogen (secondary N) is 3. The first kappa shape index (κ1) is 53.7. The Kier molecular flexibility index (Phi) is 34.8. The van der Waals surface area contributed by atoms with Crippen molar-refractivity contribution in [1.82, 2.24) is 16.0 Å². The van der Waals surface area contributed by atoms with Crippen LogP contribution in [0.25, 0.3) is 0 Å². The van der Waals surface area contributed by atoms with Gasteiger partial charge in [-0.05, 0) is 47.0 Å². The molecule has 0 aromatic heterocycles. The van der Waals surface area contributed by atoms with Crippen LogP contribution in [0.1, 0.15) is 143 Å². The first-order valence-electron chi connectivity index (χ1n) is 21.1. The average Bonchev–Trinajstić information content (AvgIpc) is 3.14. The molecule has 16 heteroatoms. The van der Waals surface area contributed by atoms with Crippen LogP contribution in [0.4, 0.5) is 0 Å². The summed E-state index contributed by atoms with van der Waals surface area (Å²) in [5.74, 6) is -2.54. The molecule has 0 saturated carbocycles. The molecule has 0 spiro atoms. The monoisotopic (exact) mass is 818 g/mol. The summed E-state index contributed by atoms with van der Waals surface area (Å²) in [6, 6.07) is -0.929. The topological polar surface area (TPSA) is 214 Å². The highest BCUT2D eigenvalue weighted by Gasteiger charge is 2.27. The SMILES string of the molecule is CCOC(=O)CCCCCCCCCCCCCCCCC(=O)N[C@@H](CCC(=O)NCCOCCOCC(=O)NCCOCCOCC(=O)O)C(=O)OC(C)(C)C.